The van der Waals surface area contributed by atoms with Crippen LogP contribution in [0.5, 0.6) is 0 Å². The quantitative estimate of drug-likeness (QED) is 0.572. The van der Waals surface area contributed by atoms with Crippen LogP contribution in [-0.4, -0.2) is 103 Å². The molecule has 0 radical (unpaired) electrons. The fourth-order valence-electron chi connectivity index (χ4n) is 8.04. The molecule has 38 heavy (non-hydrogen) atoms. The molecule has 0 bridgehead atoms. The van der Waals surface area contributed by atoms with Crippen molar-refractivity contribution in [3.63, 3.8) is 0 Å². The van der Waals surface area contributed by atoms with Gasteiger partial charge in [0, 0.05) is 38.3 Å². The molecule has 7 aliphatic rings. The largest absolute Gasteiger partial charge is 0.343 e. The number of fused-ring (bicyclic) bond motifs is 3. The second-order valence-corrected chi connectivity index (χ2v) is 12.5. The van der Waals surface area contributed by atoms with Gasteiger partial charge in [0.15, 0.2) is 11.6 Å². The third-order valence-electron chi connectivity index (χ3n) is 10.0. The summed E-state index contributed by atoms with van der Waals surface area (Å²) in [7, 11) is 0. The maximum Gasteiger partial charge on any atom is 0.237 e. The Morgan fingerprint density at radius 1 is 0.921 bits per heavy atom. The highest BCUT2D eigenvalue weighted by Gasteiger charge is 2.68. The molecule has 7 fully saturated rings. The summed E-state index contributed by atoms with van der Waals surface area (Å²) in [4.78, 5) is 16.8. The molecular formula is C28H42N4O6. The van der Waals surface area contributed by atoms with E-state index in [0.717, 1.165) is 90.1 Å². The predicted octanol–water partition coefficient (Wildman–Crippen LogP) is 2.02. The summed E-state index contributed by atoms with van der Waals surface area (Å²) < 4.78 is 33.3. The van der Waals surface area contributed by atoms with Crippen LogP contribution < -0.4 is 5.32 Å². The number of ether oxygens (including phenoxy) is 5. The van der Waals surface area contributed by atoms with Gasteiger partial charge in [-0.25, -0.2) is 0 Å². The van der Waals surface area contributed by atoms with E-state index in [0.29, 0.717) is 32.3 Å². The number of carbonyl (C=O) groups is 1. The molecular weight excluding hydrogens is 488 g/mol. The van der Waals surface area contributed by atoms with E-state index in [1.54, 1.807) is 4.90 Å². The average molecular weight is 531 g/mol. The molecule has 5 atom stereocenters. The van der Waals surface area contributed by atoms with E-state index in [1.807, 2.05) is 0 Å². The normalized spacial score (nSPS) is 40.1. The van der Waals surface area contributed by atoms with Gasteiger partial charge in [0.25, 0.3) is 0 Å². The number of nitriles is 1. The van der Waals surface area contributed by atoms with Gasteiger partial charge in [-0.2, -0.15) is 5.26 Å². The minimum atomic E-state index is -0.836. The lowest BCUT2D eigenvalue weighted by Gasteiger charge is -2.44. The van der Waals surface area contributed by atoms with E-state index in [-0.39, 0.29) is 30.3 Å². The molecule has 0 aromatic heterocycles. The summed E-state index contributed by atoms with van der Waals surface area (Å²) in [6.45, 7) is 3.94. The number of hydrogen-bond donors (Lipinski definition) is 1. The molecule has 0 aromatic rings. The first-order valence-electron chi connectivity index (χ1n) is 15.0. The highest BCUT2D eigenvalue weighted by Crippen LogP contribution is 2.54. The molecule has 5 saturated heterocycles. The van der Waals surface area contributed by atoms with Crippen LogP contribution in [0.1, 0.15) is 77.0 Å². The van der Waals surface area contributed by atoms with Gasteiger partial charge in [0.05, 0.1) is 25.8 Å². The van der Waals surface area contributed by atoms with Crippen LogP contribution in [0.3, 0.4) is 0 Å². The molecule has 1 amide bonds. The van der Waals surface area contributed by atoms with Crippen molar-refractivity contribution in [2.24, 2.45) is 0 Å². The number of amides is 1. The molecule has 5 aliphatic heterocycles. The molecule has 10 heteroatoms. The number of likely N-dealkylation sites (tertiary alicyclic amines) is 2. The van der Waals surface area contributed by atoms with E-state index in [1.165, 1.54) is 0 Å². The van der Waals surface area contributed by atoms with E-state index >= 15 is 0 Å². The summed E-state index contributed by atoms with van der Waals surface area (Å²) in [6, 6.07) is 2.29. The van der Waals surface area contributed by atoms with Crippen LogP contribution in [0.25, 0.3) is 0 Å². The van der Waals surface area contributed by atoms with Crippen molar-refractivity contribution in [2.45, 2.75) is 125 Å². The van der Waals surface area contributed by atoms with Crippen molar-refractivity contribution in [3.8, 4) is 6.07 Å². The second kappa shape index (κ2) is 9.95. The van der Waals surface area contributed by atoms with Crippen LogP contribution in [-0.2, 0) is 28.5 Å². The number of hydrogen-bond acceptors (Lipinski definition) is 9. The molecule has 7 rings (SSSR count). The number of nitrogens with zero attached hydrogens (tertiary/aromatic N) is 3. The van der Waals surface area contributed by atoms with Crippen molar-refractivity contribution < 1.29 is 28.5 Å². The van der Waals surface area contributed by atoms with E-state index in [2.05, 4.69) is 16.3 Å². The van der Waals surface area contributed by atoms with Crippen molar-refractivity contribution in [1.82, 2.24) is 15.1 Å². The first-order valence-corrected chi connectivity index (χ1v) is 15.0. The zero-order valence-corrected chi connectivity index (χ0v) is 22.4. The van der Waals surface area contributed by atoms with Crippen LogP contribution in [0, 0.1) is 11.3 Å². The van der Waals surface area contributed by atoms with Crippen LogP contribution in [0.15, 0.2) is 0 Å². The monoisotopic (exact) mass is 530 g/mol. The highest BCUT2D eigenvalue weighted by molar-refractivity contribution is 5.79. The Balaban J connectivity index is 0.980. The average Bonchev–Trinajstić information content (AvgIpc) is 3.75. The third kappa shape index (κ3) is 4.48. The molecule has 0 unspecified atom stereocenters. The van der Waals surface area contributed by atoms with Gasteiger partial charge in [0.2, 0.25) is 11.7 Å². The lowest BCUT2D eigenvalue weighted by atomic mass is 9.95. The zero-order chi connectivity index (χ0) is 25.8. The maximum absolute atomic E-state index is 12.6. The Kier molecular flexibility index (Phi) is 6.71. The first kappa shape index (κ1) is 25.6. The Labute approximate surface area is 225 Å². The Morgan fingerprint density at radius 2 is 1.66 bits per heavy atom. The molecule has 1 N–H and O–H groups in total. The van der Waals surface area contributed by atoms with E-state index < -0.39 is 17.4 Å². The van der Waals surface area contributed by atoms with Gasteiger partial charge in [-0.3, -0.25) is 9.69 Å². The van der Waals surface area contributed by atoms with E-state index in [9.17, 15) is 10.1 Å². The van der Waals surface area contributed by atoms with Gasteiger partial charge in [-0.1, -0.05) is 0 Å². The van der Waals surface area contributed by atoms with Crippen LogP contribution >= 0.6 is 0 Å². The van der Waals surface area contributed by atoms with Crippen LogP contribution in [0.2, 0.25) is 0 Å². The molecule has 2 aliphatic carbocycles. The lowest BCUT2D eigenvalue weighted by molar-refractivity contribution is -0.291. The fraction of sp³-hybridized carbons (Fsp3) is 0.929. The standard InChI is InChI=1S/C28H42N4O6/c29-16-21-6-5-13-32(21)23(33)17-30-20-7-14-31(15-8-20)19-28-25(37-27(38-28)11-3-4-12-27)24-22(18-34-28)35-26(36-24)9-1-2-10-26/h20-22,24-25,30H,1-15,17-19H2/t21-,22+,24+,25-,28-/m0/s1. The summed E-state index contributed by atoms with van der Waals surface area (Å²) in [5.41, 5.74) is 0. The molecule has 10 nitrogen and oxygen atoms in total. The summed E-state index contributed by atoms with van der Waals surface area (Å²) in [6.07, 6.45) is 11.3. The molecule has 2 spiro atoms. The summed E-state index contributed by atoms with van der Waals surface area (Å²) in [5.74, 6) is -1.82. The lowest BCUT2D eigenvalue weighted by Crippen LogP contribution is -2.63. The van der Waals surface area contributed by atoms with Gasteiger partial charge in [0.1, 0.15) is 24.4 Å². The minimum absolute atomic E-state index is 0.0422. The SMILES string of the molecule is N#C[C@@H]1CCCN1C(=O)CNC1CCN(C[C@@]23OC[C@H]4OC5(CCCC5)O[C@H]4[C@@H]2OC2(CCCC2)O3)CC1. The predicted molar refractivity (Wildman–Crippen MR) is 135 cm³/mol. The fourth-order valence-corrected chi connectivity index (χ4v) is 8.04. The van der Waals surface area contributed by atoms with Gasteiger partial charge in [-0.15, -0.1) is 0 Å². The zero-order valence-electron chi connectivity index (χ0n) is 22.4. The number of rotatable bonds is 5. The topological polar surface area (TPSA) is 106 Å². The van der Waals surface area contributed by atoms with E-state index in [4.69, 9.17) is 23.7 Å². The van der Waals surface area contributed by atoms with Gasteiger partial charge in [-0.05, 0) is 64.5 Å². The Hall–Kier alpha value is -1.32. The first-order chi connectivity index (χ1) is 18.5. The number of piperidine rings is 1. The Bertz CT molecular complexity index is 938. The Morgan fingerprint density at radius 3 is 2.39 bits per heavy atom. The van der Waals surface area contributed by atoms with Crippen LogP contribution in [0.4, 0.5) is 0 Å². The minimum Gasteiger partial charge on any atom is -0.343 e. The maximum atomic E-state index is 12.6. The van der Waals surface area contributed by atoms with Crippen molar-refractivity contribution in [2.75, 3.05) is 39.3 Å². The number of carbonyl (C=O) groups excluding carboxylic acids is 1. The van der Waals surface area contributed by atoms with Gasteiger partial charge < -0.3 is 33.9 Å². The number of nitrogens with one attached hydrogen (secondary N) is 1. The third-order valence-corrected chi connectivity index (χ3v) is 10.0. The second-order valence-electron chi connectivity index (χ2n) is 12.5. The van der Waals surface area contributed by atoms with Crippen molar-refractivity contribution >= 4 is 5.91 Å². The molecule has 5 heterocycles. The van der Waals surface area contributed by atoms with Crippen molar-refractivity contribution in [3.05, 3.63) is 0 Å². The summed E-state index contributed by atoms with van der Waals surface area (Å²) >= 11 is 0. The smallest absolute Gasteiger partial charge is 0.237 e. The molecule has 0 aromatic carbocycles. The highest BCUT2D eigenvalue weighted by atomic mass is 16.9. The molecule has 210 valence electrons. The van der Waals surface area contributed by atoms with Crippen molar-refractivity contribution in [1.29, 1.82) is 5.26 Å². The molecule has 2 saturated carbocycles. The van der Waals surface area contributed by atoms with Gasteiger partial charge >= 0.3 is 0 Å². The summed E-state index contributed by atoms with van der Waals surface area (Å²) in [5, 5.41) is 12.7.